The number of nitrogens with zero attached hydrogens (tertiary/aromatic N) is 2. The summed E-state index contributed by atoms with van der Waals surface area (Å²) < 4.78 is 29.1. The number of nitrogens with one attached hydrogen (secondary N) is 2. The Morgan fingerprint density at radius 1 is 1.10 bits per heavy atom. The molecule has 0 saturated carbocycles. The van der Waals surface area contributed by atoms with Gasteiger partial charge in [0.05, 0.1) is 34.0 Å². The number of hydrogen-bond acceptors (Lipinski definition) is 6. The Bertz CT molecular complexity index is 899. The number of methoxy groups -OCH3 is 2. The molecule has 1 fully saturated rings. The van der Waals surface area contributed by atoms with Crippen LogP contribution in [0, 0.1) is 5.82 Å². The molecule has 31 heavy (non-hydrogen) atoms. The zero-order valence-electron chi connectivity index (χ0n) is 17.7. The van der Waals surface area contributed by atoms with E-state index in [-0.39, 0.29) is 17.7 Å². The van der Waals surface area contributed by atoms with E-state index in [0.717, 1.165) is 19.6 Å². The Hall–Kier alpha value is -3.17. The second-order valence-corrected chi connectivity index (χ2v) is 6.84. The summed E-state index contributed by atoms with van der Waals surface area (Å²) in [5.41, 5.74) is 0.999. The van der Waals surface area contributed by atoms with Crippen LogP contribution in [0.4, 0.5) is 10.1 Å². The van der Waals surface area contributed by atoms with Gasteiger partial charge in [-0.15, -0.1) is 0 Å². The number of halogens is 1. The van der Waals surface area contributed by atoms with Gasteiger partial charge in [0.1, 0.15) is 5.82 Å². The van der Waals surface area contributed by atoms with Gasteiger partial charge in [0.2, 0.25) is 5.96 Å². The maximum atomic E-state index is 13.2. The molecule has 2 N–H and O–H groups in total. The highest BCUT2D eigenvalue weighted by molar-refractivity contribution is 6.10. The minimum Gasteiger partial charge on any atom is -0.493 e. The fourth-order valence-electron chi connectivity index (χ4n) is 3.07. The molecule has 0 aliphatic carbocycles. The highest BCUT2D eigenvalue weighted by Gasteiger charge is 2.14. The van der Waals surface area contributed by atoms with Gasteiger partial charge in [0.15, 0.2) is 11.5 Å². The molecular weight excluding hydrogens is 403 g/mol. The van der Waals surface area contributed by atoms with Crippen molar-refractivity contribution in [3.05, 3.63) is 53.8 Å². The van der Waals surface area contributed by atoms with Crippen LogP contribution in [-0.4, -0.2) is 70.4 Å². The molecule has 166 valence electrons. The minimum absolute atomic E-state index is 0.277. The number of guanidine groups is 1. The monoisotopic (exact) mass is 430 g/mol. The highest BCUT2D eigenvalue weighted by Crippen LogP contribution is 2.27. The molecule has 1 saturated heterocycles. The smallest absolute Gasteiger partial charge is 0.258 e. The third-order valence-electron chi connectivity index (χ3n) is 4.77. The molecule has 0 atom stereocenters. The van der Waals surface area contributed by atoms with Crippen LogP contribution in [0.2, 0.25) is 0 Å². The van der Waals surface area contributed by atoms with Gasteiger partial charge in [-0.3, -0.25) is 20.0 Å². The van der Waals surface area contributed by atoms with Crippen LogP contribution in [0.5, 0.6) is 11.5 Å². The first-order valence-corrected chi connectivity index (χ1v) is 9.99. The summed E-state index contributed by atoms with van der Waals surface area (Å²) in [6, 6.07) is 10.7. The van der Waals surface area contributed by atoms with Gasteiger partial charge in [-0.05, 0) is 42.5 Å². The molecular formula is C22H27FN4O4. The molecule has 2 aromatic carbocycles. The standard InChI is InChI=1S/C22H27FN4O4/c1-29-19-8-3-16(15-20(19)30-2)21(28)26-22(25-18-6-4-17(23)5-7-18)24-9-10-27-11-13-31-14-12-27/h3-8,15H,9-14H2,1-2H3,(H2,24,25,26,28). The average molecular weight is 430 g/mol. The van der Waals surface area contributed by atoms with Crippen LogP contribution in [0.1, 0.15) is 10.4 Å². The number of carbonyl (C=O) groups is 1. The number of morpholine rings is 1. The van der Waals surface area contributed by atoms with Gasteiger partial charge in [0, 0.05) is 30.9 Å². The van der Waals surface area contributed by atoms with Crippen LogP contribution in [0.25, 0.3) is 0 Å². The lowest BCUT2D eigenvalue weighted by Crippen LogP contribution is -2.39. The second-order valence-electron chi connectivity index (χ2n) is 6.84. The third-order valence-corrected chi connectivity index (χ3v) is 4.77. The van der Waals surface area contributed by atoms with E-state index in [1.807, 2.05) is 0 Å². The molecule has 1 aliphatic rings. The number of aliphatic imine (C=N–C) groups is 1. The molecule has 1 aliphatic heterocycles. The quantitative estimate of drug-likeness (QED) is 0.518. The maximum Gasteiger partial charge on any atom is 0.258 e. The van der Waals surface area contributed by atoms with E-state index in [9.17, 15) is 9.18 Å². The van der Waals surface area contributed by atoms with Gasteiger partial charge in [-0.25, -0.2) is 4.39 Å². The van der Waals surface area contributed by atoms with Crippen molar-refractivity contribution in [3.63, 3.8) is 0 Å². The summed E-state index contributed by atoms with van der Waals surface area (Å²) in [4.78, 5) is 19.6. The Morgan fingerprint density at radius 3 is 2.48 bits per heavy atom. The van der Waals surface area contributed by atoms with Crippen molar-refractivity contribution in [2.75, 3.05) is 58.9 Å². The summed E-state index contributed by atoms with van der Waals surface area (Å²) in [5.74, 6) is 0.557. The zero-order valence-corrected chi connectivity index (χ0v) is 17.7. The Kier molecular flexibility index (Phi) is 8.19. The molecule has 0 radical (unpaired) electrons. The van der Waals surface area contributed by atoms with Gasteiger partial charge in [-0.2, -0.15) is 0 Å². The van der Waals surface area contributed by atoms with Crippen molar-refractivity contribution in [1.82, 2.24) is 10.2 Å². The van der Waals surface area contributed by atoms with E-state index in [2.05, 4.69) is 20.5 Å². The van der Waals surface area contributed by atoms with Crippen molar-refractivity contribution in [2.24, 2.45) is 4.99 Å². The van der Waals surface area contributed by atoms with Gasteiger partial charge >= 0.3 is 0 Å². The summed E-state index contributed by atoms with van der Waals surface area (Å²) >= 11 is 0. The van der Waals surface area contributed by atoms with Crippen molar-refractivity contribution < 1.29 is 23.4 Å². The largest absolute Gasteiger partial charge is 0.493 e. The molecule has 0 aromatic heterocycles. The first-order valence-electron chi connectivity index (χ1n) is 9.99. The third kappa shape index (κ3) is 6.66. The highest BCUT2D eigenvalue weighted by atomic mass is 19.1. The topological polar surface area (TPSA) is 84.4 Å². The van der Waals surface area contributed by atoms with Crippen LogP contribution >= 0.6 is 0 Å². The number of rotatable bonds is 7. The molecule has 3 rings (SSSR count). The van der Waals surface area contributed by atoms with E-state index in [1.54, 1.807) is 30.3 Å². The predicted molar refractivity (Wildman–Crippen MR) is 117 cm³/mol. The Balaban J connectivity index is 1.72. The van der Waals surface area contributed by atoms with Gasteiger partial charge < -0.3 is 19.5 Å². The first-order chi connectivity index (χ1) is 15.1. The molecule has 9 heteroatoms. The summed E-state index contributed by atoms with van der Waals surface area (Å²) in [6.07, 6.45) is 0. The minimum atomic E-state index is -0.360. The molecule has 0 bridgehead atoms. The van der Waals surface area contributed by atoms with Crippen LogP contribution in [-0.2, 0) is 4.74 Å². The number of carbonyl (C=O) groups excluding carboxylic acids is 1. The number of anilines is 1. The molecule has 1 amide bonds. The lowest BCUT2D eigenvalue weighted by atomic mass is 10.2. The molecule has 1 heterocycles. The fraction of sp³-hybridized carbons (Fsp3) is 0.364. The van der Waals surface area contributed by atoms with E-state index in [4.69, 9.17) is 14.2 Å². The number of ether oxygens (including phenoxy) is 3. The van der Waals surface area contributed by atoms with E-state index >= 15 is 0 Å². The summed E-state index contributed by atoms with van der Waals surface area (Å²) in [5, 5.41) is 5.84. The van der Waals surface area contributed by atoms with E-state index < -0.39 is 0 Å². The van der Waals surface area contributed by atoms with Crippen molar-refractivity contribution >= 4 is 17.6 Å². The van der Waals surface area contributed by atoms with E-state index in [0.29, 0.717) is 42.5 Å². The Labute approximate surface area is 181 Å². The predicted octanol–water partition coefficient (Wildman–Crippen LogP) is 2.37. The summed E-state index contributed by atoms with van der Waals surface area (Å²) in [7, 11) is 3.04. The second kappa shape index (κ2) is 11.3. The summed E-state index contributed by atoms with van der Waals surface area (Å²) in [6.45, 7) is 4.35. The molecule has 8 nitrogen and oxygen atoms in total. The first kappa shape index (κ1) is 22.5. The zero-order chi connectivity index (χ0) is 22.1. The van der Waals surface area contributed by atoms with Crippen molar-refractivity contribution in [2.45, 2.75) is 0 Å². The number of benzene rings is 2. The van der Waals surface area contributed by atoms with Crippen LogP contribution < -0.4 is 20.1 Å². The normalized spacial score (nSPS) is 14.7. The van der Waals surface area contributed by atoms with Crippen LogP contribution in [0.15, 0.2) is 47.5 Å². The molecule has 0 unspecified atom stereocenters. The lowest BCUT2D eigenvalue weighted by Gasteiger charge is -2.25. The average Bonchev–Trinajstić information content (AvgIpc) is 2.80. The molecule has 2 aromatic rings. The maximum absolute atomic E-state index is 13.2. The Morgan fingerprint density at radius 2 is 1.81 bits per heavy atom. The molecule has 0 spiro atoms. The van der Waals surface area contributed by atoms with Gasteiger partial charge in [0.25, 0.3) is 5.91 Å². The fourth-order valence-corrected chi connectivity index (χ4v) is 3.07. The van der Waals surface area contributed by atoms with Crippen molar-refractivity contribution in [1.29, 1.82) is 0 Å². The SMILES string of the molecule is COc1ccc(C(=O)NC(=NCCN2CCOCC2)Nc2ccc(F)cc2)cc1OC. The van der Waals surface area contributed by atoms with E-state index in [1.165, 1.54) is 26.4 Å². The number of hydrogen-bond donors (Lipinski definition) is 2. The van der Waals surface area contributed by atoms with Crippen molar-refractivity contribution in [3.8, 4) is 11.5 Å². The van der Waals surface area contributed by atoms with Gasteiger partial charge in [-0.1, -0.05) is 0 Å². The number of amides is 1. The lowest BCUT2D eigenvalue weighted by molar-refractivity contribution is 0.0394. The van der Waals surface area contributed by atoms with Crippen LogP contribution in [0.3, 0.4) is 0 Å².